The highest BCUT2D eigenvalue weighted by Crippen LogP contribution is 2.16. The van der Waals surface area contributed by atoms with Crippen LogP contribution in [0.25, 0.3) is 0 Å². The summed E-state index contributed by atoms with van der Waals surface area (Å²) in [6.07, 6.45) is 5.98. The quantitative estimate of drug-likeness (QED) is 0.485. The van der Waals surface area contributed by atoms with Crippen molar-refractivity contribution < 1.29 is 14.3 Å². The van der Waals surface area contributed by atoms with Crippen LogP contribution >= 0.6 is 0 Å². The summed E-state index contributed by atoms with van der Waals surface area (Å²) in [7, 11) is 0. The fourth-order valence-corrected chi connectivity index (χ4v) is 2.95. The molecular weight excluding hydrogens is 376 g/mol. The summed E-state index contributed by atoms with van der Waals surface area (Å²) in [5.74, 6) is 0.368. The fourth-order valence-electron chi connectivity index (χ4n) is 2.95. The van der Waals surface area contributed by atoms with Gasteiger partial charge in [0.25, 0.3) is 11.8 Å². The number of ether oxygens (including phenoxy) is 1. The third-order valence-electron chi connectivity index (χ3n) is 4.50. The lowest BCUT2D eigenvalue weighted by molar-refractivity contribution is 0.0918. The Morgan fingerprint density at radius 2 is 1.57 bits per heavy atom. The number of rotatable bonds is 10. The van der Waals surface area contributed by atoms with Gasteiger partial charge in [0.15, 0.2) is 0 Å². The predicted octanol–water partition coefficient (Wildman–Crippen LogP) is 5.82. The second-order valence-corrected chi connectivity index (χ2v) is 8.53. The van der Waals surface area contributed by atoms with Crippen molar-refractivity contribution >= 4 is 17.5 Å². The first-order valence-electron chi connectivity index (χ1n) is 10.8. The van der Waals surface area contributed by atoms with Crippen molar-refractivity contribution in [1.29, 1.82) is 0 Å². The molecule has 2 aromatic rings. The van der Waals surface area contributed by atoms with Crippen molar-refractivity contribution in [2.24, 2.45) is 0 Å². The molecule has 0 unspecified atom stereocenters. The molecule has 0 heterocycles. The maximum Gasteiger partial charge on any atom is 0.255 e. The highest BCUT2D eigenvalue weighted by atomic mass is 16.5. The van der Waals surface area contributed by atoms with E-state index < -0.39 is 0 Å². The minimum atomic E-state index is -0.324. The third-order valence-corrected chi connectivity index (χ3v) is 4.50. The van der Waals surface area contributed by atoms with E-state index in [1.807, 2.05) is 32.9 Å². The van der Waals surface area contributed by atoms with Crippen LogP contribution in [0.5, 0.6) is 5.75 Å². The number of hydrogen-bond donors (Lipinski definition) is 2. The SMILES string of the molecule is CCCCCCCOc1ccc(C(=O)Nc2cccc(C(=O)NC(C)(C)C)c2)cc1. The van der Waals surface area contributed by atoms with Crippen molar-refractivity contribution in [2.75, 3.05) is 11.9 Å². The number of amides is 2. The maximum atomic E-state index is 12.5. The molecule has 0 aliphatic carbocycles. The Labute approximate surface area is 180 Å². The maximum absolute atomic E-state index is 12.5. The van der Waals surface area contributed by atoms with Gasteiger partial charge in [0.05, 0.1) is 6.61 Å². The van der Waals surface area contributed by atoms with Crippen LogP contribution in [0.15, 0.2) is 48.5 Å². The number of anilines is 1. The second-order valence-electron chi connectivity index (χ2n) is 8.53. The average molecular weight is 411 g/mol. The number of nitrogens with one attached hydrogen (secondary N) is 2. The smallest absolute Gasteiger partial charge is 0.255 e. The van der Waals surface area contributed by atoms with Gasteiger partial charge in [0, 0.05) is 22.4 Å². The molecule has 0 saturated heterocycles. The lowest BCUT2D eigenvalue weighted by Crippen LogP contribution is -2.40. The predicted molar refractivity (Wildman–Crippen MR) is 122 cm³/mol. The van der Waals surface area contributed by atoms with Crippen LogP contribution in [0.4, 0.5) is 5.69 Å². The van der Waals surface area contributed by atoms with E-state index in [9.17, 15) is 9.59 Å². The molecule has 162 valence electrons. The molecule has 2 aromatic carbocycles. The summed E-state index contributed by atoms with van der Waals surface area (Å²) >= 11 is 0. The molecule has 0 saturated carbocycles. The van der Waals surface area contributed by atoms with Crippen LogP contribution in [0.3, 0.4) is 0 Å². The molecule has 0 bridgehead atoms. The molecule has 5 nitrogen and oxygen atoms in total. The first-order valence-corrected chi connectivity index (χ1v) is 10.8. The van der Waals surface area contributed by atoms with Crippen molar-refractivity contribution in [2.45, 2.75) is 65.3 Å². The van der Waals surface area contributed by atoms with Gasteiger partial charge in [-0.2, -0.15) is 0 Å². The minimum Gasteiger partial charge on any atom is -0.494 e. The van der Waals surface area contributed by atoms with Crippen molar-refractivity contribution in [3.05, 3.63) is 59.7 Å². The number of benzene rings is 2. The molecular formula is C25H34N2O3. The van der Waals surface area contributed by atoms with Crippen LogP contribution in [-0.4, -0.2) is 24.0 Å². The van der Waals surface area contributed by atoms with Crippen LogP contribution in [0.2, 0.25) is 0 Å². The summed E-state index contributed by atoms with van der Waals surface area (Å²) in [5.41, 5.74) is 1.30. The zero-order valence-electron chi connectivity index (χ0n) is 18.6. The van der Waals surface area contributed by atoms with Gasteiger partial charge in [-0.15, -0.1) is 0 Å². The lowest BCUT2D eigenvalue weighted by Gasteiger charge is -2.20. The molecule has 0 radical (unpaired) electrons. The number of unbranched alkanes of at least 4 members (excludes halogenated alkanes) is 4. The standard InChI is InChI=1S/C25H34N2O3/c1-5-6-7-8-9-17-30-22-15-13-19(14-16-22)23(28)26-21-12-10-11-20(18-21)24(29)27-25(2,3)4/h10-16,18H,5-9,17H2,1-4H3,(H,26,28)(H,27,29). The van der Waals surface area contributed by atoms with E-state index in [4.69, 9.17) is 4.74 Å². The summed E-state index contributed by atoms with van der Waals surface area (Å²) in [6.45, 7) is 8.68. The Balaban J connectivity index is 1.89. The Morgan fingerprint density at radius 1 is 0.867 bits per heavy atom. The van der Waals surface area contributed by atoms with E-state index in [-0.39, 0.29) is 17.4 Å². The number of carbonyl (C=O) groups excluding carboxylic acids is 2. The fraction of sp³-hybridized carbons (Fsp3) is 0.440. The van der Waals surface area contributed by atoms with Crippen LogP contribution < -0.4 is 15.4 Å². The number of carbonyl (C=O) groups is 2. The first-order chi connectivity index (χ1) is 14.3. The largest absolute Gasteiger partial charge is 0.494 e. The van der Waals surface area contributed by atoms with E-state index in [1.165, 1.54) is 25.7 Å². The zero-order valence-corrected chi connectivity index (χ0v) is 18.6. The van der Waals surface area contributed by atoms with E-state index in [2.05, 4.69) is 17.6 Å². The molecule has 0 spiro atoms. The van der Waals surface area contributed by atoms with Crippen LogP contribution in [-0.2, 0) is 0 Å². The summed E-state index contributed by atoms with van der Waals surface area (Å²) in [4.78, 5) is 24.9. The molecule has 0 aromatic heterocycles. The van der Waals surface area contributed by atoms with E-state index in [0.717, 1.165) is 12.2 Å². The Morgan fingerprint density at radius 3 is 2.23 bits per heavy atom. The summed E-state index contributed by atoms with van der Waals surface area (Å²) in [6, 6.07) is 14.0. The van der Waals surface area contributed by atoms with Crippen LogP contribution in [0.1, 0.15) is 80.5 Å². The molecule has 5 heteroatoms. The molecule has 0 fully saturated rings. The van der Waals surface area contributed by atoms with Gasteiger partial charge in [-0.1, -0.05) is 38.7 Å². The van der Waals surface area contributed by atoms with Gasteiger partial charge in [-0.25, -0.2) is 0 Å². The van der Waals surface area contributed by atoms with E-state index in [1.54, 1.807) is 36.4 Å². The van der Waals surface area contributed by atoms with Gasteiger partial charge in [0.2, 0.25) is 0 Å². The minimum absolute atomic E-state index is 0.171. The number of hydrogen-bond acceptors (Lipinski definition) is 3. The highest BCUT2D eigenvalue weighted by molar-refractivity contribution is 6.05. The molecule has 0 aliphatic rings. The Kier molecular flexibility index (Phi) is 8.90. The van der Waals surface area contributed by atoms with Gasteiger partial charge >= 0.3 is 0 Å². The van der Waals surface area contributed by atoms with Gasteiger partial charge < -0.3 is 15.4 Å². The van der Waals surface area contributed by atoms with Crippen molar-refractivity contribution in [3.8, 4) is 5.75 Å². The molecule has 2 amide bonds. The second kappa shape index (κ2) is 11.4. The molecule has 30 heavy (non-hydrogen) atoms. The normalized spacial score (nSPS) is 11.1. The first kappa shape index (κ1) is 23.5. The lowest BCUT2D eigenvalue weighted by atomic mass is 10.1. The van der Waals surface area contributed by atoms with Gasteiger partial charge in [-0.3, -0.25) is 9.59 Å². The summed E-state index contributed by atoms with van der Waals surface area (Å²) < 4.78 is 5.74. The zero-order chi connectivity index (χ0) is 22.0. The van der Waals surface area contributed by atoms with Crippen molar-refractivity contribution in [3.63, 3.8) is 0 Å². The van der Waals surface area contributed by atoms with Gasteiger partial charge in [-0.05, 0) is 69.7 Å². The third kappa shape index (κ3) is 8.27. The topological polar surface area (TPSA) is 67.4 Å². The Hall–Kier alpha value is -2.82. The summed E-state index contributed by atoms with van der Waals surface area (Å²) in [5, 5.41) is 5.77. The average Bonchev–Trinajstić information content (AvgIpc) is 2.70. The van der Waals surface area contributed by atoms with E-state index in [0.29, 0.717) is 23.4 Å². The Bertz CT molecular complexity index is 823. The highest BCUT2D eigenvalue weighted by Gasteiger charge is 2.16. The molecule has 2 N–H and O–H groups in total. The van der Waals surface area contributed by atoms with Crippen LogP contribution in [0, 0.1) is 0 Å². The van der Waals surface area contributed by atoms with Gasteiger partial charge in [0.1, 0.15) is 5.75 Å². The monoisotopic (exact) mass is 410 g/mol. The van der Waals surface area contributed by atoms with E-state index >= 15 is 0 Å². The van der Waals surface area contributed by atoms with Crippen molar-refractivity contribution in [1.82, 2.24) is 5.32 Å². The molecule has 0 aliphatic heterocycles. The molecule has 0 atom stereocenters. The molecule has 2 rings (SSSR count).